The van der Waals surface area contributed by atoms with E-state index in [9.17, 15) is 0 Å². The predicted molar refractivity (Wildman–Crippen MR) is 80.9 cm³/mol. The molecule has 0 aliphatic rings. The fourth-order valence-electron chi connectivity index (χ4n) is 1.55. The van der Waals surface area contributed by atoms with E-state index in [1.54, 1.807) is 11.3 Å². The van der Waals surface area contributed by atoms with Crippen LogP contribution in [0.4, 0.5) is 5.82 Å². The highest BCUT2D eigenvalue weighted by atomic mass is 79.9. The fraction of sp³-hybridized carbons (Fsp3) is 0.385. The maximum absolute atomic E-state index is 5.86. The second kappa shape index (κ2) is 4.63. The third-order valence-electron chi connectivity index (χ3n) is 2.61. The number of halogens is 1. The zero-order valence-electron chi connectivity index (χ0n) is 10.9. The van der Waals surface area contributed by atoms with Gasteiger partial charge >= 0.3 is 0 Å². The van der Waals surface area contributed by atoms with E-state index in [0.717, 1.165) is 15.0 Å². The number of nitrogen functional groups attached to an aromatic ring is 1. The molecular weight excluding hydrogens is 310 g/mol. The van der Waals surface area contributed by atoms with Crippen LogP contribution in [0.2, 0.25) is 0 Å². The number of nitrogens with two attached hydrogens (primary N) is 1. The van der Waals surface area contributed by atoms with Gasteiger partial charge in [-0.15, -0.1) is 11.3 Å². The van der Waals surface area contributed by atoms with Crippen molar-refractivity contribution in [3.05, 3.63) is 27.2 Å². The minimum absolute atomic E-state index is 0.152. The van der Waals surface area contributed by atoms with Gasteiger partial charge in [0.1, 0.15) is 5.82 Å². The van der Waals surface area contributed by atoms with Crippen molar-refractivity contribution in [2.45, 2.75) is 33.1 Å². The average Bonchev–Trinajstić information content (AvgIpc) is 2.73. The zero-order valence-corrected chi connectivity index (χ0v) is 13.3. The molecule has 0 bridgehead atoms. The van der Waals surface area contributed by atoms with E-state index in [1.165, 1.54) is 4.88 Å². The first kappa shape index (κ1) is 13.5. The van der Waals surface area contributed by atoms with Crippen molar-refractivity contribution in [2.24, 2.45) is 0 Å². The zero-order chi connectivity index (χ0) is 13.5. The minimum Gasteiger partial charge on any atom is -0.383 e. The number of anilines is 1. The van der Waals surface area contributed by atoms with Crippen molar-refractivity contribution in [1.82, 2.24) is 9.97 Å². The highest BCUT2D eigenvalue weighted by Crippen LogP contribution is 2.34. The Morgan fingerprint density at radius 1 is 1.22 bits per heavy atom. The summed E-state index contributed by atoms with van der Waals surface area (Å²) in [5, 5.41) is 0. The van der Waals surface area contributed by atoms with Crippen molar-refractivity contribution in [1.29, 1.82) is 0 Å². The lowest BCUT2D eigenvalue weighted by Gasteiger charge is -2.15. The molecule has 0 spiro atoms. The molecule has 0 saturated carbocycles. The molecule has 0 amide bonds. The van der Waals surface area contributed by atoms with Crippen LogP contribution in [0.5, 0.6) is 0 Å². The molecule has 0 atom stereocenters. The van der Waals surface area contributed by atoms with Gasteiger partial charge in [0.2, 0.25) is 0 Å². The van der Waals surface area contributed by atoms with Gasteiger partial charge in [0.05, 0.1) is 15.0 Å². The van der Waals surface area contributed by atoms with Crippen molar-refractivity contribution in [3.63, 3.8) is 0 Å². The summed E-state index contributed by atoms with van der Waals surface area (Å²) in [7, 11) is 0. The Morgan fingerprint density at radius 3 is 2.39 bits per heavy atom. The first-order chi connectivity index (χ1) is 8.29. The minimum atomic E-state index is 0.152. The van der Waals surface area contributed by atoms with E-state index in [2.05, 4.69) is 58.8 Å². The van der Waals surface area contributed by atoms with E-state index in [1.807, 2.05) is 6.92 Å². The monoisotopic (exact) mass is 325 g/mol. The molecule has 18 heavy (non-hydrogen) atoms. The molecule has 2 rings (SSSR count). The van der Waals surface area contributed by atoms with Gasteiger partial charge in [-0.2, -0.15) is 0 Å². The first-order valence-corrected chi connectivity index (χ1v) is 7.30. The number of aryl methyl sites for hydroxylation is 1. The number of aromatic nitrogens is 2. The number of thiophene rings is 1. The fourth-order valence-corrected chi connectivity index (χ4v) is 2.73. The maximum Gasteiger partial charge on any atom is 0.171 e. The largest absolute Gasteiger partial charge is 0.383 e. The van der Waals surface area contributed by atoms with Gasteiger partial charge in [-0.25, -0.2) is 9.97 Å². The van der Waals surface area contributed by atoms with E-state index < -0.39 is 0 Å². The quantitative estimate of drug-likeness (QED) is 0.856. The summed E-state index contributed by atoms with van der Waals surface area (Å²) in [6.07, 6.45) is 0. The second-order valence-electron chi connectivity index (χ2n) is 5.25. The second-order valence-corrected chi connectivity index (χ2v) is 7.12. The third-order valence-corrected chi connectivity index (χ3v) is 5.10. The van der Waals surface area contributed by atoms with Crippen molar-refractivity contribution in [3.8, 4) is 10.7 Å². The van der Waals surface area contributed by atoms with Crippen molar-refractivity contribution in [2.75, 3.05) is 5.73 Å². The van der Waals surface area contributed by atoms with E-state index in [-0.39, 0.29) is 5.41 Å². The molecule has 0 aromatic carbocycles. The van der Waals surface area contributed by atoms with Crippen LogP contribution in [-0.4, -0.2) is 9.97 Å². The lowest BCUT2D eigenvalue weighted by atomic mass is 9.95. The number of nitrogens with zero attached hydrogens (tertiary/aromatic N) is 2. The molecule has 0 unspecified atom stereocenters. The number of rotatable bonds is 1. The Bertz CT molecular complexity index is 561. The van der Waals surface area contributed by atoms with Gasteiger partial charge in [-0.3, -0.25) is 0 Å². The summed E-state index contributed by atoms with van der Waals surface area (Å²) < 4.78 is 0.777. The highest BCUT2D eigenvalue weighted by molar-refractivity contribution is 9.10. The molecule has 96 valence electrons. The van der Waals surface area contributed by atoms with Gasteiger partial charge in [-0.1, -0.05) is 20.8 Å². The molecule has 2 N–H and O–H groups in total. The van der Waals surface area contributed by atoms with Crippen LogP contribution < -0.4 is 5.73 Å². The summed E-state index contributed by atoms with van der Waals surface area (Å²) >= 11 is 5.10. The molecular formula is C13H16BrN3S. The molecule has 0 saturated heterocycles. The van der Waals surface area contributed by atoms with Crippen LogP contribution in [0.3, 0.4) is 0 Å². The average molecular weight is 326 g/mol. The molecule has 2 aromatic heterocycles. The topological polar surface area (TPSA) is 51.8 Å². The Hall–Kier alpha value is -0.940. The first-order valence-electron chi connectivity index (χ1n) is 5.69. The SMILES string of the molecule is Cc1nc(-c2ccc(C(C)(C)C)s2)nc(N)c1Br. The molecule has 0 fully saturated rings. The highest BCUT2D eigenvalue weighted by Gasteiger charge is 2.18. The van der Waals surface area contributed by atoms with E-state index in [0.29, 0.717) is 11.6 Å². The predicted octanol–water partition coefficient (Wildman–Crippen LogP) is 4.16. The third kappa shape index (κ3) is 2.57. The summed E-state index contributed by atoms with van der Waals surface area (Å²) in [5.41, 5.74) is 6.87. The maximum atomic E-state index is 5.86. The van der Waals surface area contributed by atoms with Crippen LogP contribution in [0, 0.1) is 6.92 Å². The van der Waals surface area contributed by atoms with Crippen LogP contribution in [0.25, 0.3) is 10.7 Å². The Balaban J connectivity index is 2.47. The Kier molecular flexibility index (Phi) is 3.47. The molecule has 2 aromatic rings. The van der Waals surface area contributed by atoms with Gasteiger partial charge in [0, 0.05) is 4.88 Å². The standard InChI is InChI=1S/C13H16BrN3S/c1-7-10(14)11(15)17-12(16-7)8-5-6-9(18-8)13(2,3)4/h5-6H,1-4H3,(H2,15,16,17). The van der Waals surface area contributed by atoms with Crippen LogP contribution in [0.1, 0.15) is 31.3 Å². The normalized spacial score (nSPS) is 11.8. The summed E-state index contributed by atoms with van der Waals surface area (Å²) in [5.74, 6) is 1.19. The number of hydrogen-bond acceptors (Lipinski definition) is 4. The Morgan fingerprint density at radius 2 is 1.89 bits per heavy atom. The lowest BCUT2D eigenvalue weighted by Crippen LogP contribution is -2.07. The smallest absolute Gasteiger partial charge is 0.171 e. The van der Waals surface area contributed by atoms with Gasteiger partial charge in [-0.05, 0) is 40.4 Å². The van der Waals surface area contributed by atoms with Crippen LogP contribution in [0.15, 0.2) is 16.6 Å². The molecule has 5 heteroatoms. The number of hydrogen-bond donors (Lipinski definition) is 1. The summed E-state index contributed by atoms with van der Waals surface area (Å²) in [6.45, 7) is 8.52. The summed E-state index contributed by atoms with van der Waals surface area (Å²) in [4.78, 5) is 11.2. The van der Waals surface area contributed by atoms with E-state index in [4.69, 9.17) is 5.73 Å². The van der Waals surface area contributed by atoms with Crippen LogP contribution in [-0.2, 0) is 5.41 Å². The molecule has 0 aliphatic carbocycles. The molecule has 2 heterocycles. The van der Waals surface area contributed by atoms with Gasteiger partial charge in [0.25, 0.3) is 0 Å². The molecule has 0 radical (unpaired) electrons. The molecule has 0 aliphatic heterocycles. The van der Waals surface area contributed by atoms with Gasteiger partial charge in [0.15, 0.2) is 5.82 Å². The van der Waals surface area contributed by atoms with Crippen molar-refractivity contribution >= 4 is 33.1 Å². The van der Waals surface area contributed by atoms with Crippen LogP contribution >= 0.6 is 27.3 Å². The van der Waals surface area contributed by atoms with E-state index >= 15 is 0 Å². The molecule has 3 nitrogen and oxygen atoms in total. The van der Waals surface area contributed by atoms with Crippen molar-refractivity contribution < 1.29 is 0 Å². The lowest BCUT2D eigenvalue weighted by molar-refractivity contribution is 0.604. The summed E-state index contributed by atoms with van der Waals surface area (Å²) in [6, 6.07) is 4.20. The van der Waals surface area contributed by atoms with Gasteiger partial charge < -0.3 is 5.73 Å². The Labute approximate surface area is 120 Å².